The van der Waals surface area contributed by atoms with Gasteiger partial charge in [-0.2, -0.15) is 5.26 Å². The lowest BCUT2D eigenvalue weighted by atomic mass is 9.98. The van der Waals surface area contributed by atoms with Gasteiger partial charge in [0.15, 0.2) is 0 Å². The predicted molar refractivity (Wildman–Crippen MR) is 60.5 cm³/mol. The molecule has 1 rings (SSSR count). The molecule has 3 heteroatoms. The van der Waals surface area contributed by atoms with E-state index in [1.165, 1.54) is 0 Å². The highest BCUT2D eigenvalue weighted by Gasteiger charge is 2.25. The Balaban J connectivity index is 2.39. The summed E-state index contributed by atoms with van der Waals surface area (Å²) in [4.78, 5) is 0. The molecule has 0 aliphatic carbocycles. The van der Waals surface area contributed by atoms with Gasteiger partial charge in [-0.3, -0.25) is 0 Å². The normalized spacial score (nSPS) is 33.3. The molecule has 0 aromatic carbocycles. The highest BCUT2D eigenvalue weighted by molar-refractivity contribution is 4.85. The van der Waals surface area contributed by atoms with Gasteiger partial charge in [0.25, 0.3) is 0 Å². The molecular weight excluding hydrogens is 188 g/mol. The molecule has 15 heavy (non-hydrogen) atoms. The van der Waals surface area contributed by atoms with Crippen molar-refractivity contribution in [3.8, 4) is 6.07 Å². The summed E-state index contributed by atoms with van der Waals surface area (Å²) >= 11 is 0. The summed E-state index contributed by atoms with van der Waals surface area (Å²) in [6.07, 6.45) is 4.43. The number of nitrogens with one attached hydrogen (secondary N) is 1. The highest BCUT2D eigenvalue weighted by atomic mass is 16.5. The second kappa shape index (κ2) is 6.09. The fraction of sp³-hybridized carbons (Fsp3) is 0.917. The van der Waals surface area contributed by atoms with E-state index in [1.54, 1.807) is 0 Å². The Bertz CT molecular complexity index is 214. The van der Waals surface area contributed by atoms with Gasteiger partial charge in [0.05, 0.1) is 24.7 Å². The van der Waals surface area contributed by atoms with Gasteiger partial charge in [0.2, 0.25) is 0 Å². The second-order valence-electron chi connectivity index (χ2n) is 4.56. The van der Waals surface area contributed by atoms with Gasteiger partial charge >= 0.3 is 0 Å². The van der Waals surface area contributed by atoms with Crippen LogP contribution in [-0.4, -0.2) is 24.3 Å². The van der Waals surface area contributed by atoms with E-state index < -0.39 is 0 Å². The first kappa shape index (κ1) is 12.5. The maximum absolute atomic E-state index is 8.69. The zero-order valence-electron chi connectivity index (χ0n) is 9.99. The SMILES string of the molecule is CCC(CC#N)NC1CC(C)OC(C)C1. The Labute approximate surface area is 92.8 Å². The number of rotatable bonds is 4. The number of hydrogen-bond donors (Lipinski definition) is 1. The van der Waals surface area contributed by atoms with E-state index in [1.807, 2.05) is 0 Å². The van der Waals surface area contributed by atoms with Crippen LogP contribution in [0, 0.1) is 11.3 Å². The van der Waals surface area contributed by atoms with Crippen LogP contribution in [0.2, 0.25) is 0 Å². The van der Waals surface area contributed by atoms with Crippen LogP contribution in [0.5, 0.6) is 0 Å². The average Bonchev–Trinajstić information content (AvgIpc) is 2.15. The van der Waals surface area contributed by atoms with Gasteiger partial charge in [-0.15, -0.1) is 0 Å². The molecule has 3 unspecified atom stereocenters. The monoisotopic (exact) mass is 210 g/mol. The number of hydrogen-bond acceptors (Lipinski definition) is 3. The van der Waals surface area contributed by atoms with Gasteiger partial charge in [-0.25, -0.2) is 0 Å². The summed E-state index contributed by atoms with van der Waals surface area (Å²) in [7, 11) is 0. The molecule has 0 aromatic rings. The molecule has 86 valence electrons. The molecule has 1 aliphatic heterocycles. The van der Waals surface area contributed by atoms with Crippen molar-refractivity contribution in [2.24, 2.45) is 0 Å². The number of nitrogens with zero attached hydrogens (tertiary/aromatic N) is 1. The van der Waals surface area contributed by atoms with Crippen LogP contribution in [-0.2, 0) is 4.74 Å². The van der Waals surface area contributed by atoms with Crippen molar-refractivity contribution in [1.82, 2.24) is 5.32 Å². The molecular formula is C12H22N2O. The predicted octanol–water partition coefficient (Wildman–Crippen LogP) is 2.22. The molecule has 0 radical (unpaired) electrons. The molecule has 3 atom stereocenters. The largest absolute Gasteiger partial charge is 0.375 e. The molecule has 1 N–H and O–H groups in total. The summed E-state index contributed by atoms with van der Waals surface area (Å²) in [6, 6.07) is 3.10. The molecule has 0 amide bonds. The highest BCUT2D eigenvalue weighted by Crippen LogP contribution is 2.19. The Kier molecular flexibility index (Phi) is 5.07. The minimum Gasteiger partial charge on any atom is -0.375 e. The summed E-state index contributed by atoms with van der Waals surface area (Å²) in [5.74, 6) is 0. The molecule has 1 saturated heterocycles. The molecule has 0 spiro atoms. The first-order chi connectivity index (χ1) is 7.15. The first-order valence-corrected chi connectivity index (χ1v) is 5.94. The van der Waals surface area contributed by atoms with Crippen molar-refractivity contribution >= 4 is 0 Å². The van der Waals surface area contributed by atoms with Crippen LogP contribution in [0.1, 0.15) is 46.5 Å². The van der Waals surface area contributed by atoms with Gasteiger partial charge < -0.3 is 10.1 Å². The van der Waals surface area contributed by atoms with Crippen molar-refractivity contribution in [1.29, 1.82) is 5.26 Å². The lowest BCUT2D eigenvalue weighted by Gasteiger charge is -2.34. The van der Waals surface area contributed by atoms with Crippen molar-refractivity contribution in [3.63, 3.8) is 0 Å². The van der Waals surface area contributed by atoms with Gasteiger partial charge in [-0.05, 0) is 33.1 Å². The Hall–Kier alpha value is -0.590. The minimum atomic E-state index is 0.339. The summed E-state index contributed by atoms with van der Waals surface area (Å²) in [6.45, 7) is 6.37. The number of nitriles is 1. The molecule has 0 saturated carbocycles. The van der Waals surface area contributed by atoms with Crippen molar-refractivity contribution in [3.05, 3.63) is 0 Å². The van der Waals surface area contributed by atoms with Crippen molar-refractivity contribution < 1.29 is 4.74 Å². The zero-order chi connectivity index (χ0) is 11.3. The van der Waals surface area contributed by atoms with E-state index in [9.17, 15) is 0 Å². The fourth-order valence-electron chi connectivity index (χ4n) is 2.31. The van der Waals surface area contributed by atoms with E-state index >= 15 is 0 Å². The molecule has 1 fully saturated rings. The molecule has 3 nitrogen and oxygen atoms in total. The van der Waals surface area contributed by atoms with Crippen LogP contribution in [0.15, 0.2) is 0 Å². The fourth-order valence-corrected chi connectivity index (χ4v) is 2.31. The lowest BCUT2D eigenvalue weighted by molar-refractivity contribution is -0.0435. The quantitative estimate of drug-likeness (QED) is 0.774. The van der Waals surface area contributed by atoms with Crippen LogP contribution in [0.3, 0.4) is 0 Å². The summed E-state index contributed by atoms with van der Waals surface area (Å²) in [5, 5.41) is 12.3. The smallest absolute Gasteiger partial charge is 0.0638 e. The van der Waals surface area contributed by atoms with E-state index in [0.717, 1.165) is 19.3 Å². The van der Waals surface area contributed by atoms with Gasteiger partial charge in [0, 0.05) is 12.1 Å². The lowest BCUT2D eigenvalue weighted by Crippen LogP contribution is -2.45. The maximum Gasteiger partial charge on any atom is 0.0638 e. The van der Waals surface area contributed by atoms with Crippen LogP contribution < -0.4 is 5.32 Å². The third-order valence-corrected chi connectivity index (χ3v) is 3.00. The summed E-state index contributed by atoms with van der Waals surface area (Å²) < 4.78 is 5.69. The van der Waals surface area contributed by atoms with Crippen molar-refractivity contribution in [2.45, 2.75) is 70.7 Å². The van der Waals surface area contributed by atoms with Crippen LogP contribution in [0.4, 0.5) is 0 Å². The van der Waals surface area contributed by atoms with E-state index in [2.05, 4.69) is 32.2 Å². The average molecular weight is 210 g/mol. The third kappa shape index (κ3) is 4.19. The van der Waals surface area contributed by atoms with E-state index in [0.29, 0.717) is 30.7 Å². The minimum absolute atomic E-state index is 0.339. The molecule has 0 bridgehead atoms. The standard InChI is InChI=1S/C12H22N2O/c1-4-11(5-6-13)14-12-7-9(2)15-10(3)8-12/h9-12,14H,4-5,7-8H2,1-3H3. The summed E-state index contributed by atoms with van der Waals surface area (Å²) in [5.41, 5.74) is 0. The van der Waals surface area contributed by atoms with Crippen molar-refractivity contribution in [2.75, 3.05) is 0 Å². The van der Waals surface area contributed by atoms with Gasteiger partial charge in [0.1, 0.15) is 0 Å². The van der Waals surface area contributed by atoms with E-state index in [4.69, 9.17) is 10.00 Å². The van der Waals surface area contributed by atoms with Gasteiger partial charge in [-0.1, -0.05) is 6.92 Å². The van der Waals surface area contributed by atoms with E-state index in [-0.39, 0.29) is 0 Å². The van der Waals surface area contributed by atoms with Crippen LogP contribution >= 0.6 is 0 Å². The molecule has 1 heterocycles. The zero-order valence-corrected chi connectivity index (χ0v) is 9.99. The first-order valence-electron chi connectivity index (χ1n) is 5.94. The maximum atomic E-state index is 8.69. The number of ether oxygens (including phenoxy) is 1. The Morgan fingerprint density at radius 1 is 1.40 bits per heavy atom. The topological polar surface area (TPSA) is 45.0 Å². The molecule has 1 aliphatic rings. The Morgan fingerprint density at radius 3 is 2.47 bits per heavy atom. The molecule has 0 aromatic heterocycles. The third-order valence-electron chi connectivity index (χ3n) is 3.00. The Morgan fingerprint density at radius 2 is 2.00 bits per heavy atom. The van der Waals surface area contributed by atoms with Crippen LogP contribution in [0.25, 0.3) is 0 Å². The second-order valence-corrected chi connectivity index (χ2v) is 4.56.